The van der Waals surface area contributed by atoms with Gasteiger partial charge in [-0.3, -0.25) is 19.8 Å². The molecule has 3 rings (SSSR count). The van der Waals surface area contributed by atoms with Gasteiger partial charge in [-0.05, 0) is 25.0 Å². The number of ether oxygens (including phenoxy) is 1. The van der Waals surface area contributed by atoms with Crippen molar-refractivity contribution in [1.82, 2.24) is 25.5 Å². The molecule has 1 fully saturated rings. The van der Waals surface area contributed by atoms with Crippen LogP contribution in [0.3, 0.4) is 0 Å². The Morgan fingerprint density at radius 1 is 1.33 bits per heavy atom. The predicted octanol–water partition coefficient (Wildman–Crippen LogP) is 0.360. The third-order valence-electron chi connectivity index (χ3n) is 4.18. The van der Waals surface area contributed by atoms with Gasteiger partial charge < -0.3 is 15.0 Å². The van der Waals surface area contributed by atoms with Gasteiger partial charge in [-0.15, -0.1) is 0 Å². The number of H-pyrrole nitrogens is 1. The molecule has 9 nitrogen and oxygen atoms in total. The number of amides is 3. The number of hydrogen-bond acceptors (Lipinski definition) is 6. The average Bonchev–Trinajstić information content (AvgIpc) is 3.43. The minimum absolute atomic E-state index is 0.0159. The van der Waals surface area contributed by atoms with Crippen molar-refractivity contribution in [2.24, 2.45) is 0 Å². The molecule has 9 heteroatoms. The number of urea groups is 1. The van der Waals surface area contributed by atoms with Crippen LogP contribution in [-0.2, 0) is 16.1 Å². The smallest absolute Gasteiger partial charge is 0.321 e. The van der Waals surface area contributed by atoms with E-state index in [-0.39, 0.29) is 24.7 Å². The van der Waals surface area contributed by atoms with E-state index in [1.165, 1.54) is 0 Å². The number of methoxy groups -OCH3 is 1. The molecule has 1 heterocycles. The molecule has 1 aliphatic carbocycles. The Kier molecular flexibility index (Phi) is 6.15. The van der Waals surface area contributed by atoms with Gasteiger partial charge in [0.2, 0.25) is 5.91 Å². The summed E-state index contributed by atoms with van der Waals surface area (Å²) in [5.74, 6) is 0.0254. The van der Waals surface area contributed by atoms with Gasteiger partial charge in [-0.25, -0.2) is 9.78 Å². The molecule has 3 amide bonds. The lowest BCUT2D eigenvalue weighted by Crippen LogP contribution is -2.45. The second-order valence-electron chi connectivity index (χ2n) is 6.53. The fraction of sp³-hybridized carbons (Fsp3) is 0.444. The van der Waals surface area contributed by atoms with Crippen molar-refractivity contribution >= 4 is 22.8 Å². The Morgan fingerprint density at radius 3 is 2.85 bits per heavy atom. The molecule has 0 saturated heterocycles. The van der Waals surface area contributed by atoms with Gasteiger partial charge in [-0.1, -0.05) is 12.1 Å². The fourth-order valence-corrected chi connectivity index (χ4v) is 2.67. The van der Waals surface area contributed by atoms with E-state index in [9.17, 15) is 14.4 Å². The number of aromatic nitrogens is 2. The molecule has 27 heavy (non-hydrogen) atoms. The monoisotopic (exact) mass is 373 g/mol. The Labute approximate surface area is 156 Å². The number of rotatable bonds is 8. The zero-order valence-electron chi connectivity index (χ0n) is 15.2. The van der Waals surface area contributed by atoms with Gasteiger partial charge >= 0.3 is 6.03 Å². The summed E-state index contributed by atoms with van der Waals surface area (Å²) in [4.78, 5) is 45.0. The Bertz CT molecular complexity index is 877. The molecule has 0 bridgehead atoms. The number of para-hydroxylation sites is 1. The first kappa shape index (κ1) is 19.0. The van der Waals surface area contributed by atoms with Gasteiger partial charge in [-0.2, -0.15) is 0 Å². The maximum Gasteiger partial charge on any atom is 0.321 e. The van der Waals surface area contributed by atoms with Gasteiger partial charge in [0.15, 0.2) is 0 Å². The maximum absolute atomic E-state index is 12.2. The van der Waals surface area contributed by atoms with E-state index in [0.717, 1.165) is 12.8 Å². The Hall–Kier alpha value is -2.78. The van der Waals surface area contributed by atoms with E-state index >= 15 is 0 Å². The van der Waals surface area contributed by atoms with E-state index in [1.807, 2.05) is 6.07 Å². The lowest BCUT2D eigenvalue weighted by atomic mass is 10.2. The number of benzene rings is 1. The highest BCUT2D eigenvalue weighted by Gasteiger charge is 2.24. The van der Waals surface area contributed by atoms with Gasteiger partial charge in [0.05, 0.1) is 30.6 Å². The van der Waals surface area contributed by atoms with Crippen molar-refractivity contribution in [1.29, 1.82) is 0 Å². The number of nitrogens with zero attached hydrogens (tertiary/aromatic N) is 2. The highest BCUT2D eigenvalue weighted by atomic mass is 16.5. The van der Waals surface area contributed by atoms with Gasteiger partial charge in [0.1, 0.15) is 5.82 Å². The molecule has 0 aliphatic heterocycles. The van der Waals surface area contributed by atoms with Crippen LogP contribution in [0.2, 0.25) is 0 Å². The summed E-state index contributed by atoms with van der Waals surface area (Å²) < 4.78 is 5.08. The SMILES string of the molecule is COCCN(CC(=O)NC(=O)NC1CC1)Cc1nc2ccccc2c(=O)[nH]1. The summed E-state index contributed by atoms with van der Waals surface area (Å²) in [5.41, 5.74) is 0.367. The first-order valence-electron chi connectivity index (χ1n) is 8.84. The second-order valence-corrected chi connectivity index (χ2v) is 6.53. The van der Waals surface area contributed by atoms with Crippen LogP contribution in [0.25, 0.3) is 10.9 Å². The molecule has 1 aromatic carbocycles. The molecule has 0 spiro atoms. The summed E-state index contributed by atoms with van der Waals surface area (Å²) in [6.07, 6.45) is 1.89. The number of fused-ring (bicyclic) bond motifs is 1. The van der Waals surface area contributed by atoms with Crippen molar-refractivity contribution in [3.8, 4) is 0 Å². The van der Waals surface area contributed by atoms with Crippen molar-refractivity contribution < 1.29 is 14.3 Å². The number of nitrogens with one attached hydrogen (secondary N) is 3. The van der Waals surface area contributed by atoms with Crippen LogP contribution in [0.4, 0.5) is 4.79 Å². The molecule has 144 valence electrons. The second kappa shape index (κ2) is 8.74. The summed E-state index contributed by atoms with van der Waals surface area (Å²) >= 11 is 0. The molecular weight excluding hydrogens is 350 g/mol. The minimum atomic E-state index is -0.480. The van der Waals surface area contributed by atoms with E-state index in [1.54, 1.807) is 30.2 Å². The normalized spacial score (nSPS) is 13.7. The van der Waals surface area contributed by atoms with Gasteiger partial charge in [0, 0.05) is 19.7 Å². The predicted molar refractivity (Wildman–Crippen MR) is 99.2 cm³/mol. The van der Waals surface area contributed by atoms with Crippen LogP contribution in [0.1, 0.15) is 18.7 Å². The lowest BCUT2D eigenvalue weighted by molar-refractivity contribution is -0.121. The summed E-state index contributed by atoms with van der Waals surface area (Å²) in [6.45, 7) is 1.09. The molecule has 1 saturated carbocycles. The van der Waals surface area contributed by atoms with Crippen molar-refractivity contribution in [3.05, 3.63) is 40.4 Å². The molecule has 0 atom stereocenters. The van der Waals surface area contributed by atoms with Crippen LogP contribution in [-0.4, -0.2) is 59.7 Å². The molecule has 1 aromatic heterocycles. The quantitative estimate of drug-likeness (QED) is 0.615. The first-order chi connectivity index (χ1) is 13.0. The van der Waals surface area contributed by atoms with Crippen LogP contribution in [0.15, 0.2) is 29.1 Å². The first-order valence-corrected chi connectivity index (χ1v) is 8.84. The lowest BCUT2D eigenvalue weighted by Gasteiger charge is -2.20. The topological polar surface area (TPSA) is 116 Å². The Balaban J connectivity index is 1.66. The third-order valence-corrected chi connectivity index (χ3v) is 4.18. The molecular formula is C18H23N5O4. The van der Waals surface area contributed by atoms with Crippen molar-refractivity contribution in [3.63, 3.8) is 0 Å². The van der Waals surface area contributed by atoms with E-state index < -0.39 is 11.9 Å². The molecule has 3 N–H and O–H groups in total. The van der Waals surface area contributed by atoms with E-state index in [0.29, 0.717) is 29.9 Å². The minimum Gasteiger partial charge on any atom is -0.383 e. The van der Waals surface area contributed by atoms with Crippen LogP contribution >= 0.6 is 0 Å². The highest BCUT2D eigenvalue weighted by Crippen LogP contribution is 2.18. The van der Waals surface area contributed by atoms with E-state index in [4.69, 9.17) is 4.74 Å². The number of hydrogen-bond donors (Lipinski definition) is 3. The maximum atomic E-state index is 12.2. The molecule has 2 aromatic rings. The van der Waals surface area contributed by atoms with E-state index in [2.05, 4.69) is 20.6 Å². The number of carbonyl (C=O) groups is 2. The molecule has 1 aliphatic rings. The van der Waals surface area contributed by atoms with Crippen LogP contribution < -0.4 is 16.2 Å². The van der Waals surface area contributed by atoms with Crippen molar-refractivity contribution in [2.75, 3.05) is 26.8 Å². The number of carbonyl (C=O) groups excluding carboxylic acids is 2. The zero-order valence-corrected chi connectivity index (χ0v) is 15.2. The standard InChI is InChI=1S/C18H23N5O4/c1-27-9-8-23(11-16(24)22-18(26)19-12-6-7-12)10-15-20-14-5-3-2-4-13(14)17(25)21-15/h2-5,12H,6-11H2,1H3,(H,20,21,25)(H2,19,22,24,26). The molecule has 0 unspecified atom stereocenters. The van der Waals surface area contributed by atoms with Crippen molar-refractivity contribution in [2.45, 2.75) is 25.4 Å². The highest BCUT2D eigenvalue weighted by molar-refractivity contribution is 5.95. The zero-order chi connectivity index (χ0) is 19.2. The van der Waals surface area contributed by atoms with Crippen LogP contribution in [0, 0.1) is 0 Å². The summed E-state index contributed by atoms with van der Waals surface area (Å²) in [7, 11) is 1.57. The summed E-state index contributed by atoms with van der Waals surface area (Å²) in [5, 5.41) is 5.54. The average molecular weight is 373 g/mol. The van der Waals surface area contributed by atoms with Gasteiger partial charge in [0.25, 0.3) is 5.56 Å². The molecule has 0 radical (unpaired) electrons. The van der Waals surface area contributed by atoms with Crippen LogP contribution in [0.5, 0.6) is 0 Å². The largest absolute Gasteiger partial charge is 0.383 e. The number of imide groups is 1. The fourth-order valence-electron chi connectivity index (χ4n) is 2.67. The number of aromatic amines is 1. The third kappa shape index (κ3) is 5.60. The Morgan fingerprint density at radius 2 is 2.11 bits per heavy atom. The summed E-state index contributed by atoms with van der Waals surface area (Å²) in [6, 6.07) is 6.76.